The second-order valence-electron chi connectivity index (χ2n) is 12.4. The molecule has 2 heterocycles. The van der Waals surface area contributed by atoms with Crippen LogP contribution in [0, 0.1) is 19.3 Å². The highest BCUT2D eigenvalue weighted by Gasteiger charge is 2.19. The smallest absolute Gasteiger partial charge is 0.123 e. The molecule has 38 heavy (non-hydrogen) atoms. The van der Waals surface area contributed by atoms with Crippen LogP contribution in [0.5, 0.6) is 5.75 Å². The maximum absolute atomic E-state index is 6.47. The van der Waals surface area contributed by atoms with Crippen LogP contribution in [0.2, 0.25) is 0 Å². The van der Waals surface area contributed by atoms with Crippen LogP contribution in [-0.4, -0.2) is 21.7 Å². The Labute approximate surface area is 228 Å². The molecule has 0 bridgehead atoms. The second kappa shape index (κ2) is 11.3. The number of H-pyrrole nitrogens is 1. The number of hydrogen-bond acceptors (Lipinski definition) is 4. The summed E-state index contributed by atoms with van der Waals surface area (Å²) in [6.45, 7) is 22.1. The highest BCUT2D eigenvalue weighted by molar-refractivity contribution is 5.95. The molecule has 2 aromatic heterocycles. The third-order valence-corrected chi connectivity index (χ3v) is 7.18. The van der Waals surface area contributed by atoms with Crippen LogP contribution in [-0.2, 0) is 13.2 Å². The summed E-state index contributed by atoms with van der Waals surface area (Å²) in [6.07, 6.45) is 1.92. The highest BCUT2D eigenvalue weighted by atomic mass is 16.5. The lowest BCUT2D eigenvalue weighted by Gasteiger charge is -2.22. The minimum absolute atomic E-state index is 0.198. The summed E-state index contributed by atoms with van der Waals surface area (Å²) in [5, 5.41) is 12.3. The minimum Gasteiger partial charge on any atom is -0.489 e. The van der Waals surface area contributed by atoms with Crippen molar-refractivity contribution in [2.45, 2.75) is 87.3 Å². The molecule has 4 aromatic rings. The summed E-state index contributed by atoms with van der Waals surface area (Å²) in [5.41, 5.74) is 10.5. The van der Waals surface area contributed by atoms with E-state index >= 15 is 0 Å². The summed E-state index contributed by atoms with van der Waals surface area (Å²) < 4.78 is 6.47. The van der Waals surface area contributed by atoms with Crippen molar-refractivity contribution in [3.63, 3.8) is 0 Å². The standard InChI is InChI=1S/C33H44N4O/c1-20(2)24-11-10-22(5)31(15-24)38-18-28-23(6)36-30(14-25(28)16-34-19-33(7,8)9)32-26(21(3)4)12-13-29-27(32)17-35-37-29/h10-15,17,20-21,34H,16,18-19H2,1-9H3,(H,35,37). The van der Waals surface area contributed by atoms with E-state index in [1.54, 1.807) is 0 Å². The number of ether oxygens (including phenoxy) is 1. The first-order chi connectivity index (χ1) is 17.9. The molecule has 0 radical (unpaired) electrons. The van der Waals surface area contributed by atoms with Gasteiger partial charge < -0.3 is 10.1 Å². The number of rotatable bonds is 9. The first-order valence-electron chi connectivity index (χ1n) is 13.8. The number of pyridine rings is 1. The molecule has 0 fully saturated rings. The number of benzene rings is 2. The van der Waals surface area contributed by atoms with Gasteiger partial charge in [-0.1, -0.05) is 66.7 Å². The Morgan fingerprint density at radius 3 is 2.42 bits per heavy atom. The molecule has 0 spiro atoms. The van der Waals surface area contributed by atoms with Gasteiger partial charge in [0.2, 0.25) is 0 Å². The van der Waals surface area contributed by atoms with Gasteiger partial charge in [0.25, 0.3) is 0 Å². The van der Waals surface area contributed by atoms with Crippen LogP contribution in [0.15, 0.2) is 42.6 Å². The fourth-order valence-electron chi connectivity index (χ4n) is 4.90. The largest absolute Gasteiger partial charge is 0.489 e. The zero-order valence-corrected chi connectivity index (χ0v) is 24.6. The predicted octanol–water partition coefficient (Wildman–Crippen LogP) is 8.20. The molecule has 5 nitrogen and oxygen atoms in total. The van der Waals surface area contributed by atoms with E-state index in [1.165, 1.54) is 22.3 Å². The SMILES string of the molecule is Cc1ccc(C(C)C)cc1OCc1c(CNCC(C)(C)C)cc(-c2c(C(C)C)ccc3[nH]ncc23)nc1C. The molecule has 0 atom stereocenters. The number of aromatic amines is 1. The van der Waals surface area contributed by atoms with Gasteiger partial charge in [0.05, 0.1) is 17.4 Å². The van der Waals surface area contributed by atoms with Crippen LogP contribution in [0.3, 0.4) is 0 Å². The van der Waals surface area contributed by atoms with Gasteiger partial charge in [-0.15, -0.1) is 0 Å². The second-order valence-corrected chi connectivity index (χ2v) is 12.4. The molecule has 2 N–H and O–H groups in total. The van der Waals surface area contributed by atoms with Gasteiger partial charge in [0.1, 0.15) is 12.4 Å². The lowest BCUT2D eigenvalue weighted by atomic mass is 9.91. The monoisotopic (exact) mass is 512 g/mol. The molecule has 202 valence electrons. The fraction of sp³-hybridized carbons (Fsp3) is 0.455. The first-order valence-corrected chi connectivity index (χ1v) is 13.8. The predicted molar refractivity (Wildman–Crippen MR) is 159 cm³/mol. The normalized spacial score (nSPS) is 12.2. The van der Waals surface area contributed by atoms with Gasteiger partial charge in [0, 0.05) is 35.3 Å². The van der Waals surface area contributed by atoms with Crippen LogP contribution in [0.25, 0.3) is 22.2 Å². The number of aryl methyl sites for hydroxylation is 2. The number of hydrogen-bond donors (Lipinski definition) is 2. The third-order valence-electron chi connectivity index (χ3n) is 7.18. The topological polar surface area (TPSA) is 62.8 Å². The van der Waals surface area contributed by atoms with Crippen molar-refractivity contribution in [3.05, 3.63) is 76.1 Å². The van der Waals surface area contributed by atoms with E-state index < -0.39 is 0 Å². The molecule has 0 amide bonds. The van der Waals surface area contributed by atoms with Crippen molar-refractivity contribution in [3.8, 4) is 17.0 Å². The Kier molecular flexibility index (Phi) is 8.27. The number of aromatic nitrogens is 3. The summed E-state index contributed by atoms with van der Waals surface area (Å²) in [6, 6.07) is 13.1. The Morgan fingerprint density at radius 1 is 0.974 bits per heavy atom. The maximum Gasteiger partial charge on any atom is 0.123 e. The summed E-state index contributed by atoms with van der Waals surface area (Å²) >= 11 is 0. The molecular weight excluding hydrogens is 468 g/mol. The minimum atomic E-state index is 0.198. The Bertz CT molecular complexity index is 1410. The van der Waals surface area contributed by atoms with Crippen molar-refractivity contribution < 1.29 is 4.74 Å². The van der Waals surface area contributed by atoms with Crippen LogP contribution >= 0.6 is 0 Å². The number of nitrogens with zero attached hydrogens (tertiary/aromatic N) is 2. The van der Waals surface area contributed by atoms with E-state index in [4.69, 9.17) is 9.72 Å². The maximum atomic E-state index is 6.47. The van der Waals surface area contributed by atoms with Crippen molar-refractivity contribution in [2.75, 3.05) is 6.54 Å². The summed E-state index contributed by atoms with van der Waals surface area (Å²) in [7, 11) is 0. The fourth-order valence-corrected chi connectivity index (χ4v) is 4.90. The first kappa shape index (κ1) is 27.8. The van der Waals surface area contributed by atoms with Crippen molar-refractivity contribution >= 4 is 10.9 Å². The van der Waals surface area contributed by atoms with Gasteiger partial charge >= 0.3 is 0 Å². The van der Waals surface area contributed by atoms with E-state index in [9.17, 15) is 0 Å². The number of nitrogens with one attached hydrogen (secondary N) is 2. The molecule has 2 aromatic carbocycles. The molecular formula is C33H44N4O. The van der Waals surface area contributed by atoms with Gasteiger partial charge in [0.15, 0.2) is 0 Å². The van der Waals surface area contributed by atoms with E-state index in [0.717, 1.165) is 52.3 Å². The van der Waals surface area contributed by atoms with E-state index in [2.05, 4.69) is 114 Å². The third kappa shape index (κ3) is 6.27. The zero-order chi connectivity index (χ0) is 27.6. The molecule has 0 aliphatic rings. The molecule has 0 saturated heterocycles. The van der Waals surface area contributed by atoms with Gasteiger partial charge in [-0.3, -0.25) is 10.1 Å². The van der Waals surface area contributed by atoms with E-state index in [-0.39, 0.29) is 5.41 Å². The summed E-state index contributed by atoms with van der Waals surface area (Å²) in [4.78, 5) is 5.16. The average molecular weight is 513 g/mol. The van der Waals surface area contributed by atoms with Crippen LogP contribution < -0.4 is 10.1 Å². The van der Waals surface area contributed by atoms with Crippen molar-refractivity contribution in [2.24, 2.45) is 5.41 Å². The molecule has 0 aliphatic heterocycles. The highest BCUT2D eigenvalue weighted by Crippen LogP contribution is 2.36. The zero-order valence-electron chi connectivity index (χ0n) is 24.6. The Balaban J connectivity index is 1.77. The number of fused-ring (bicyclic) bond motifs is 1. The molecule has 0 saturated carbocycles. The van der Waals surface area contributed by atoms with Crippen LogP contribution in [0.4, 0.5) is 0 Å². The lowest BCUT2D eigenvalue weighted by Crippen LogP contribution is -2.27. The quantitative estimate of drug-likeness (QED) is 0.237. The molecule has 0 aliphatic carbocycles. The van der Waals surface area contributed by atoms with Crippen molar-refractivity contribution in [1.82, 2.24) is 20.5 Å². The van der Waals surface area contributed by atoms with Crippen molar-refractivity contribution in [1.29, 1.82) is 0 Å². The molecule has 0 unspecified atom stereocenters. The van der Waals surface area contributed by atoms with E-state index in [1.807, 2.05) is 6.20 Å². The Hall–Kier alpha value is -3.18. The van der Waals surface area contributed by atoms with Gasteiger partial charge in [-0.2, -0.15) is 5.10 Å². The van der Waals surface area contributed by atoms with Gasteiger partial charge in [-0.25, -0.2) is 0 Å². The van der Waals surface area contributed by atoms with Crippen LogP contribution in [0.1, 0.15) is 93.8 Å². The Morgan fingerprint density at radius 2 is 1.74 bits per heavy atom. The average Bonchev–Trinajstić information content (AvgIpc) is 3.31. The molecule has 4 rings (SSSR count). The lowest BCUT2D eigenvalue weighted by molar-refractivity contribution is 0.300. The van der Waals surface area contributed by atoms with E-state index in [0.29, 0.717) is 18.4 Å². The molecule has 5 heteroatoms. The van der Waals surface area contributed by atoms with Gasteiger partial charge in [-0.05, 0) is 71.6 Å². The summed E-state index contributed by atoms with van der Waals surface area (Å²) in [5.74, 6) is 1.77.